The average molecular weight is 347 g/mol. The molecule has 0 spiro atoms. The second-order valence-electron chi connectivity index (χ2n) is 4.15. The van der Waals surface area contributed by atoms with E-state index in [2.05, 4.69) is 52.0 Å². The van der Waals surface area contributed by atoms with Gasteiger partial charge in [-0.3, -0.25) is 0 Å². The number of rotatable bonds is 10. The number of hydrogen-bond acceptors (Lipinski definition) is 4. The van der Waals surface area contributed by atoms with Gasteiger partial charge in [-0.2, -0.15) is 0 Å². The topological polar surface area (TPSA) is 0 Å². The lowest BCUT2D eigenvalue weighted by molar-refractivity contribution is 1.29. The lowest BCUT2D eigenvalue weighted by Crippen LogP contribution is -1.94. The van der Waals surface area contributed by atoms with E-state index in [1.165, 1.54) is 34.1 Å². The molecule has 0 aromatic heterocycles. The van der Waals surface area contributed by atoms with E-state index in [4.69, 9.17) is 0 Å². The largest absolute Gasteiger partial charge is 0.143 e. The van der Waals surface area contributed by atoms with Crippen molar-refractivity contribution >= 4 is 47.0 Å². The van der Waals surface area contributed by atoms with Gasteiger partial charge in [0.15, 0.2) is 0 Å². The molecule has 0 fully saturated rings. The maximum Gasteiger partial charge on any atom is 0.0751 e. The molecule has 20 heavy (non-hydrogen) atoms. The summed E-state index contributed by atoms with van der Waals surface area (Å²) in [5.74, 6) is 4.72. The quantitative estimate of drug-likeness (QED) is 0.432. The Kier molecular flexibility index (Phi) is 10.5. The summed E-state index contributed by atoms with van der Waals surface area (Å²) >= 11 is 8.17. The molecule has 1 aromatic carbocycles. The summed E-state index contributed by atoms with van der Waals surface area (Å²) in [7, 11) is 0. The zero-order chi connectivity index (χ0) is 14.8. The first-order valence-electron chi connectivity index (χ1n) is 7.32. The molecule has 0 N–H and O–H groups in total. The molecule has 0 atom stereocenters. The molecule has 1 aromatic rings. The van der Waals surface area contributed by atoms with Gasteiger partial charge in [0.25, 0.3) is 0 Å². The molecule has 0 heterocycles. The lowest BCUT2D eigenvalue weighted by atomic mass is 10.2. The number of hydrogen-bond donors (Lipinski definition) is 0. The maximum atomic E-state index is 2.34. The smallest absolute Gasteiger partial charge is 0.0751 e. The summed E-state index contributed by atoms with van der Waals surface area (Å²) in [5, 5.41) is 0. The third-order valence-electron chi connectivity index (χ3n) is 2.75. The fourth-order valence-electron chi connectivity index (χ4n) is 1.90. The highest BCUT2D eigenvalue weighted by atomic mass is 32.2. The molecule has 0 bridgehead atoms. The van der Waals surface area contributed by atoms with E-state index in [0.717, 1.165) is 0 Å². The highest BCUT2D eigenvalue weighted by Crippen LogP contribution is 2.42. The Morgan fingerprint density at radius 3 is 1.05 bits per heavy atom. The van der Waals surface area contributed by atoms with Crippen LogP contribution in [0.15, 0.2) is 24.3 Å². The molecule has 0 saturated heterocycles. The van der Waals surface area contributed by atoms with Crippen molar-refractivity contribution in [3.63, 3.8) is 0 Å². The van der Waals surface area contributed by atoms with E-state index in [1.54, 1.807) is 0 Å². The van der Waals surface area contributed by atoms with Crippen molar-refractivity contribution < 1.29 is 0 Å². The second kappa shape index (κ2) is 11.2. The van der Waals surface area contributed by atoms with Gasteiger partial charge in [-0.25, -0.2) is 0 Å². The Labute approximate surface area is 142 Å². The van der Waals surface area contributed by atoms with Gasteiger partial charge in [-0.05, 0) is 34.1 Å². The van der Waals surface area contributed by atoms with Crippen LogP contribution in [0.3, 0.4) is 0 Å². The summed E-state index contributed by atoms with van der Waals surface area (Å²) in [4.78, 5) is 0. The highest BCUT2D eigenvalue weighted by molar-refractivity contribution is 8.16. The number of thioether (sulfide) groups is 4. The van der Waals surface area contributed by atoms with Gasteiger partial charge in [0.1, 0.15) is 0 Å². The van der Waals surface area contributed by atoms with Crippen molar-refractivity contribution in [2.75, 3.05) is 23.0 Å². The Balaban J connectivity index is 2.79. The first-order valence-corrected chi connectivity index (χ1v) is 11.5. The van der Waals surface area contributed by atoms with Crippen molar-refractivity contribution in [3.05, 3.63) is 35.4 Å². The van der Waals surface area contributed by atoms with Crippen LogP contribution in [-0.4, -0.2) is 23.0 Å². The zero-order valence-corrected chi connectivity index (χ0v) is 16.2. The molecule has 4 heteroatoms. The first kappa shape index (κ1) is 18.7. The Morgan fingerprint density at radius 2 is 0.850 bits per heavy atom. The Morgan fingerprint density at radius 1 is 0.600 bits per heavy atom. The maximum absolute atomic E-state index is 2.34. The number of benzene rings is 1. The molecule has 0 aliphatic carbocycles. The van der Waals surface area contributed by atoms with Crippen LogP contribution in [0.2, 0.25) is 0 Å². The fraction of sp³-hybridized carbons (Fsp3) is 0.625. The highest BCUT2D eigenvalue weighted by Gasteiger charge is 2.14. The van der Waals surface area contributed by atoms with E-state index >= 15 is 0 Å². The van der Waals surface area contributed by atoms with Crippen LogP contribution in [0.5, 0.6) is 0 Å². The van der Waals surface area contributed by atoms with Crippen molar-refractivity contribution in [2.24, 2.45) is 0 Å². The predicted molar refractivity (Wildman–Crippen MR) is 104 cm³/mol. The zero-order valence-electron chi connectivity index (χ0n) is 12.9. The van der Waals surface area contributed by atoms with E-state index < -0.39 is 0 Å². The Bertz CT molecular complexity index is 303. The minimum absolute atomic E-state index is 0.593. The minimum atomic E-state index is 0.593. The molecule has 1 rings (SSSR count). The fourth-order valence-corrected chi connectivity index (χ4v) is 6.91. The molecule has 0 unspecified atom stereocenters. The second-order valence-corrected chi connectivity index (χ2v) is 10.3. The van der Waals surface area contributed by atoms with E-state index in [9.17, 15) is 0 Å². The van der Waals surface area contributed by atoms with Crippen LogP contribution >= 0.6 is 47.0 Å². The molecule has 0 aliphatic rings. The average Bonchev–Trinajstić information content (AvgIpc) is 2.47. The van der Waals surface area contributed by atoms with Gasteiger partial charge in [-0.1, -0.05) is 52.0 Å². The van der Waals surface area contributed by atoms with Gasteiger partial charge >= 0.3 is 0 Å². The van der Waals surface area contributed by atoms with Gasteiger partial charge in [0.05, 0.1) is 9.16 Å². The van der Waals surface area contributed by atoms with Gasteiger partial charge in [0, 0.05) is 0 Å². The van der Waals surface area contributed by atoms with Crippen molar-refractivity contribution in [3.8, 4) is 0 Å². The minimum Gasteiger partial charge on any atom is -0.143 e. The standard InChI is InChI=1S/C16H26S4/c1-5-17-15(18-6-2)13-9-11-14(12-10-13)16(19-7-3)20-8-4/h9-12,15-16H,5-8H2,1-4H3. The summed E-state index contributed by atoms with van der Waals surface area (Å²) in [6.07, 6.45) is 0. The summed E-state index contributed by atoms with van der Waals surface area (Å²) in [5.41, 5.74) is 2.93. The van der Waals surface area contributed by atoms with E-state index in [0.29, 0.717) is 9.16 Å². The predicted octanol–water partition coefficient (Wildman–Crippen LogP) is 6.70. The van der Waals surface area contributed by atoms with Crippen LogP contribution in [0, 0.1) is 0 Å². The van der Waals surface area contributed by atoms with Crippen LogP contribution in [0.4, 0.5) is 0 Å². The van der Waals surface area contributed by atoms with Crippen molar-refractivity contribution in [1.82, 2.24) is 0 Å². The van der Waals surface area contributed by atoms with Gasteiger partial charge in [0.2, 0.25) is 0 Å². The molecular weight excluding hydrogens is 320 g/mol. The van der Waals surface area contributed by atoms with Crippen LogP contribution in [0.1, 0.15) is 48.0 Å². The lowest BCUT2D eigenvalue weighted by Gasteiger charge is -2.18. The summed E-state index contributed by atoms with van der Waals surface area (Å²) < 4.78 is 1.19. The molecule has 0 nitrogen and oxygen atoms in total. The van der Waals surface area contributed by atoms with Gasteiger partial charge in [-0.15, -0.1) is 47.0 Å². The molecule has 0 saturated carbocycles. The molecule has 0 amide bonds. The van der Waals surface area contributed by atoms with E-state index in [-0.39, 0.29) is 0 Å². The normalized spacial score (nSPS) is 11.5. The molecule has 0 aliphatic heterocycles. The van der Waals surface area contributed by atoms with Crippen LogP contribution in [0.25, 0.3) is 0 Å². The molecular formula is C16H26S4. The third-order valence-corrected chi connectivity index (χ3v) is 8.02. The monoisotopic (exact) mass is 346 g/mol. The van der Waals surface area contributed by atoms with Crippen molar-refractivity contribution in [2.45, 2.75) is 36.9 Å². The Hall–Kier alpha value is 0.620. The van der Waals surface area contributed by atoms with Crippen LogP contribution in [-0.2, 0) is 0 Å². The first-order chi connectivity index (χ1) is 9.76. The summed E-state index contributed by atoms with van der Waals surface area (Å²) in [6.45, 7) is 8.98. The van der Waals surface area contributed by atoms with Gasteiger partial charge < -0.3 is 0 Å². The summed E-state index contributed by atoms with van der Waals surface area (Å²) in [6, 6.07) is 9.35. The molecule has 114 valence electrons. The third kappa shape index (κ3) is 6.17. The van der Waals surface area contributed by atoms with E-state index in [1.807, 2.05) is 47.0 Å². The molecule has 0 radical (unpaired) electrons. The SMILES string of the molecule is CCSC(SCC)c1ccc(C(SCC)SCC)cc1. The van der Waals surface area contributed by atoms with Crippen molar-refractivity contribution in [1.29, 1.82) is 0 Å². The van der Waals surface area contributed by atoms with Crippen LogP contribution < -0.4 is 0 Å².